The van der Waals surface area contributed by atoms with E-state index in [1.165, 1.54) is 17.0 Å². The number of Topliss-reactive ketones (excluding diaryl/α,β-unsaturated/α-hetero) is 1. The SMILES string of the molecule is Cc1ccccc1CN1C(=O)C(=O)c2cc(S(=O)(=O)O)ccc21. The third-order valence-corrected chi connectivity index (χ3v) is 4.68. The second-order valence-corrected chi connectivity index (χ2v) is 6.72. The molecule has 0 fully saturated rings. The average molecular weight is 331 g/mol. The molecule has 0 unspecified atom stereocenters. The maximum Gasteiger partial charge on any atom is 0.299 e. The van der Waals surface area contributed by atoms with Gasteiger partial charge in [-0.1, -0.05) is 24.3 Å². The van der Waals surface area contributed by atoms with Crippen molar-refractivity contribution in [2.75, 3.05) is 4.90 Å². The molecule has 0 aliphatic carbocycles. The van der Waals surface area contributed by atoms with Crippen molar-refractivity contribution in [1.82, 2.24) is 0 Å². The van der Waals surface area contributed by atoms with Crippen LogP contribution in [0.2, 0.25) is 0 Å². The molecule has 1 N–H and O–H groups in total. The largest absolute Gasteiger partial charge is 0.300 e. The van der Waals surface area contributed by atoms with Crippen LogP contribution in [0.5, 0.6) is 0 Å². The molecule has 3 rings (SSSR count). The van der Waals surface area contributed by atoms with Crippen LogP contribution in [0.4, 0.5) is 5.69 Å². The van der Waals surface area contributed by atoms with Crippen molar-refractivity contribution in [2.24, 2.45) is 0 Å². The van der Waals surface area contributed by atoms with Crippen molar-refractivity contribution < 1.29 is 22.6 Å². The lowest BCUT2D eigenvalue weighted by Gasteiger charge is -2.18. The van der Waals surface area contributed by atoms with Crippen molar-refractivity contribution in [1.29, 1.82) is 0 Å². The van der Waals surface area contributed by atoms with Crippen LogP contribution in [0.3, 0.4) is 0 Å². The minimum atomic E-state index is -4.43. The van der Waals surface area contributed by atoms with Crippen molar-refractivity contribution in [2.45, 2.75) is 18.4 Å². The van der Waals surface area contributed by atoms with Crippen molar-refractivity contribution in [3.05, 3.63) is 59.2 Å². The summed E-state index contributed by atoms with van der Waals surface area (Å²) in [7, 11) is -4.43. The molecule has 1 aliphatic heterocycles. The molecular weight excluding hydrogens is 318 g/mol. The Hall–Kier alpha value is -2.51. The average Bonchev–Trinajstić information content (AvgIpc) is 2.73. The molecule has 0 saturated carbocycles. The number of anilines is 1. The van der Waals surface area contributed by atoms with Crippen molar-refractivity contribution in [3.63, 3.8) is 0 Å². The highest BCUT2D eigenvalue weighted by Gasteiger charge is 2.36. The van der Waals surface area contributed by atoms with Gasteiger partial charge in [0, 0.05) is 0 Å². The number of rotatable bonds is 3. The Bertz CT molecular complexity index is 933. The van der Waals surface area contributed by atoms with Gasteiger partial charge in [-0.15, -0.1) is 0 Å². The predicted octanol–water partition coefficient (Wildman–Crippen LogP) is 1.97. The van der Waals surface area contributed by atoms with Gasteiger partial charge >= 0.3 is 0 Å². The van der Waals surface area contributed by atoms with Gasteiger partial charge < -0.3 is 4.90 Å². The smallest absolute Gasteiger partial charge is 0.299 e. The van der Waals surface area contributed by atoms with Gasteiger partial charge in [0.05, 0.1) is 22.7 Å². The number of aryl methyl sites for hydroxylation is 1. The van der Waals surface area contributed by atoms with Crippen molar-refractivity contribution >= 4 is 27.5 Å². The summed E-state index contributed by atoms with van der Waals surface area (Å²) >= 11 is 0. The Labute approximate surface area is 133 Å². The van der Waals surface area contributed by atoms with Gasteiger partial charge in [0.2, 0.25) is 0 Å². The fraction of sp³-hybridized carbons (Fsp3) is 0.125. The number of ketones is 1. The van der Waals surface area contributed by atoms with Crippen LogP contribution >= 0.6 is 0 Å². The summed E-state index contributed by atoms with van der Waals surface area (Å²) in [6.45, 7) is 2.12. The minimum absolute atomic E-state index is 0.0151. The van der Waals surface area contributed by atoms with Crippen LogP contribution in [-0.2, 0) is 21.5 Å². The predicted molar refractivity (Wildman–Crippen MR) is 83.0 cm³/mol. The van der Waals surface area contributed by atoms with E-state index >= 15 is 0 Å². The van der Waals surface area contributed by atoms with E-state index in [0.29, 0.717) is 5.69 Å². The van der Waals surface area contributed by atoms with E-state index in [0.717, 1.165) is 17.2 Å². The monoisotopic (exact) mass is 331 g/mol. The maximum absolute atomic E-state index is 12.2. The Kier molecular flexibility index (Phi) is 3.54. The van der Waals surface area contributed by atoms with E-state index in [-0.39, 0.29) is 12.1 Å². The lowest BCUT2D eigenvalue weighted by Crippen LogP contribution is -2.29. The molecule has 6 nitrogen and oxygen atoms in total. The van der Waals surface area contributed by atoms with Crippen LogP contribution < -0.4 is 4.90 Å². The number of hydrogen-bond acceptors (Lipinski definition) is 4. The molecule has 0 saturated heterocycles. The zero-order valence-corrected chi connectivity index (χ0v) is 13.0. The number of benzene rings is 2. The highest BCUT2D eigenvalue weighted by Crippen LogP contribution is 2.32. The lowest BCUT2D eigenvalue weighted by molar-refractivity contribution is -0.114. The number of carbonyl (C=O) groups is 2. The van der Waals surface area contributed by atoms with Gasteiger partial charge in [-0.3, -0.25) is 14.1 Å². The second kappa shape index (κ2) is 5.29. The van der Waals surface area contributed by atoms with Crippen molar-refractivity contribution in [3.8, 4) is 0 Å². The summed E-state index contributed by atoms with van der Waals surface area (Å²) in [5.74, 6) is -1.49. The normalized spacial score (nSPS) is 14.3. The van der Waals surface area contributed by atoms with Gasteiger partial charge in [-0.25, -0.2) is 0 Å². The Morgan fingerprint density at radius 1 is 1.09 bits per heavy atom. The van der Waals surface area contributed by atoms with Gasteiger partial charge in [-0.2, -0.15) is 8.42 Å². The molecule has 0 spiro atoms. The first-order valence-electron chi connectivity index (χ1n) is 6.81. The molecule has 118 valence electrons. The number of fused-ring (bicyclic) bond motifs is 1. The molecule has 1 aliphatic rings. The standard InChI is InChI=1S/C16H13NO5S/c1-10-4-2-3-5-11(10)9-17-14-7-6-12(23(20,21)22)8-13(14)15(18)16(17)19/h2-8H,9H2,1H3,(H,20,21,22). The molecule has 2 aromatic rings. The van der Waals surface area contributed by atoms with E-state index in [2.05, 4.69) is 0 Å². The first-order valence-corrected chi connectivity index (χ1v) is 8.25. The topological polar surface area (TPSA) is 91.8 Å². The molecule has 1 heterocycles. The van der Waals surface area contributed by atoms with Crippen LogP contribution in [0.25, 0.3) is 0 Å². The number of amides is 1. The van der Waals surface area contributed by atoms with Gasteiger partial charge in [0.1, 0.15) is 0 Å². The Morgan fingerprint density at radius 3 is 2.43 bits per heavy atom. The van der Waals surface area contributed by atoms with E-state index in [1.807, 2.05) is 31.2 Å². The third-order valence-electron chi connectivity index (χ3n) is 3.83. The highest BCUT2D eigenvalue weighted by molar-refractivity contribution is 7.85. The molecule has 1 amide bonds. The summed E-state index contributed by atoms with van der Waals surface area (Å²) in [6.07, 6.45) is 0. The van der Waals surface area contributed by atoms with Gasteiger partial charge in [0.15, 0.2) is 0 Å². The quantitative estimate of drug-likeness (QED) is 0.686. The van der Waals surface area contributed by atoms with E-state index in [4.69, 9.17) is 4.55 Å². The minimum Gasteiger partial charge on any atom is -0.300 e. The molecule has 0 atom stereocenters. The molecule has 0 bridgehead atoms. The molecule has 23 heavy (non-hydrogen) atoms. The summed E-state index contributed by atoms with van der Waals surface area (Å²) in [5.41, 5.74) is 2.20. The number of nitrogens with zero attached hydrogens (tertiary/aromatic N) is 1. The Balaban J connectivity index is 2.05. The van der Waals surface area contributed by atoms with E-state index in [9.17, 15) is 18.0 Å². The third kappa shape index (κ3) is 2.64. The highest BCUT2D eigenvalue weighted by atomic mass is 32.2. The molecule has 0 radical (unpaired) electrons. The lowest BCUT2D eigenvalue weighted by atomic mass is 10.1. The maximum atomic E-state index is 12.2. The van der Waals surface area contributed by atoms with Crippen LogP contribution in [0, 0.1) is 6.92 Å². The Morgan fingerprint density at radius 2 is 1.78 bits per heavy atom. The fourth-order valence-electron chi connectivity index (χ4n) is 2.55. The number of hydrogen-bond donors (Lipinski definition) is 1. The molecule has 7 heteroatoms. The molecule has 2 aromatic carbocycles. The van der Waals surface area contributed by atoms with E-state index in [1.54, 1.807) is 0 Å². The molecular formula is C16H13NO5S. The first kappa shape index (κ1) is 15.4. The second-order valence-electron chi connectivity index (χ2n) is 5.30. The summed E-state index contributed by atoms with van der Waals surface area (Å²) in [5, 5.41) is 0. The molecule has 0 aromatic heterocycles. The van der Waals surface area contributed by atoms with Crippen LogP contribution in [0.1, 0.15) is 21.5 Å². The first-order chi connectivity index (χ1) is 10.8. The summed E-state index contributed by atoms with van der Waals surface area (Å²) in [6, 6.07) is 11.0. The van der Waals surface area contributed by atoms with Crippen LogP contribution in [0.15, 0.2) is 47.4 Å². The van der Waals surface area contributed by atoms with Gasteiger partial charge in [0.25, 0.3) is 21.8 Å². The summed E-state index contributed by atoms with van der Waals surface area (Å²) < 4.78 is 31.4. The number of carbonyl (C=O) groups excluding carboxylic acids is 2. The zero-order valence-electron chi connectivity index (χ0n) is 12.2. The van der Waals surface area contributed by atoms with Crippen LogP contribution in [-0.4, -0.2) is 24.7 Å². The zero-order chi connectivity index (χ0) is 16.8. The van der Waals surface area contributed by atoms with Gasteiger partial charge in [-0.05, 0) is 36.2 Å². The van der Waals surface area contributed by atoms with E-state index < -0.39 is 26.7 Å². The summed E-state index contributed by atoms with van der Waals surface area (Å²) in [4.78, 5) is 25.2. The fourth-order valence-corrected chi connectivity index (χ4v) is 3.06.